The summed E-state index contributed by atoms with van der Waals surface area (Å²) < 4.78 is 5.43. The molecule has 0 amide bonds. The standard InChI is InChI=1S/C14H11ClN2O3/c1-7-6-10(8-2-4-9(15)5-3-8)11-12(18)16-14(19)17-13(11)20-7/h2-6,10H,1H3,(H2,16,17,18,19). The van der Waals surface area contributed by atoms with Crippen molar-refractivity contribution in [1.29, 1.82) is 0 Å². The van der Waals surface area contributed by atoms with E-state index in [0.717, 1.165) is 5.56 Å². The maximum absolute atomic E-state index is 12.0. The van der Waals surface area contributed by atoms with Gasteiger partial charge in [0.1, 0.15) is 0 Å². The highest BCUT2D eigenvalue weighted by Gasteiger charge is 2.26. The highest BCUT2D eigenvalue weighted by molar-refractivity contribution is 6.30. The number of benzene rings is 1. The van der Waals surface area contributed by atoms with Crippen LogP contribution in [-0.2, 0) is 0 Å². The van der Waals surface area contributed by atoms with Gasteiger partial charge in [-0.3, -0.25) is 14.8 Å². The van der Waals surface area contributed by atoms with Gasteiger partial charge in [-0.2, -0.15) is 0 Å². The predicted octanol–water partition coefficient (Wildman–Crippen LogP) is 2.14. The molecular formula is C14H11ClN2O3. The number of rotatable bonds is 1. The number of nitrogens with one attached hydrogen (secondary N) is 2. The van der Waals surface area contributed by atoms with Crippen LogP contribution in [-0.4, -0.2) is 9.97 Å². The van der Waals surface area contributed by atoms with E-state index >= 15 is 0 Å². The Morgan fingerprint density at radius 2 is 1.85 bits per heavy atom. The number of ether oxygens (including phenoxy) is 1. The zero-order valence-corrected chi connectivity index (χ0v) is 11.3. The normalized spacial score (nSPS) is 17.1. The lowest BCUT2D eigenvalue weighted by molar-refractivity contribution is 0.385. The summed E-state index contributed by atoms with van der Waals surface area (Å²) in [5, 5.41) is 0.622. The number of halogens is 1. The minimum atomic E-state index is -0.585. The first-order valence-electron chi connectivity index (χ1n) is 6.03. The molecule has 1 aromatic carbocycles. The average molecular weight is 291 g/mol. The van der Waals surface area contributed by atoms with Gasteiger partial charge >= 0.3 is 5.69 Å². The Labute approximate surface area is 118 Å². The van der Waals surface area contributed by atoms with Crippen LogP contribution in [0.3, 0.4) is 0 Å². The molecule has 2 N–H and O–H groups in total. The summed E-state index contributed by atoms with van der Waals surface area (Å²) in [7, 11) is 0. The molecule has 5 nitrogen and oxygen atoms in total. The second-order valence-corrected chi connectivity index (χ2v) is 5.00. The van der Waals surface area contributed by atoms with Gasteiger partial charge < -0.3 is 4.74 Å². The first-order valence-corrected chi connectivity index (χ1v) is 6.40. The SMILES string of the molecule is CC1=CC(c2ccc(Cl)cc2)c2c([nH]c(=O)[nH]c2=O)O1. The third-order valence-electron chi connectivity index (χ3n) is 3.15. The third-order valence-corrected chi connectivity index (χ3v) is 3.40. The Balaban J connectivity index is 2.22. The van der Waals surface area contributed by atoms with E-state index in [1.807, 2.05) is 18.2 Å². The second-order valence-electron chi connectivity index (χ2n) is 4.56. The van der Waals surface area contributed by atoms with Gasteiger partial charge in [-0.15, -0.1) is 0 Å². The minimum Gasteiger partial charge on any atom is -0.445 e. The molecule has 0 radical (unpaired) electrons. The van der Waals surface area contributed by atoms with Crippen molar-refractivity contribution in [2.24, 2.45) is 0 Å². The van der Waals surface area contributed by atoms with Gasteiger partial charge in [-0.1, -0.05) is 23.7 Å². The number of hydrogen-bond donors (Lipinski definition) is 2. The number of fused-ring (bicyclic) bond motifs is 1. The zero-order valence-electron chi connectivity index (χ0n) is 10.6. The van der Waals surface area contributed by atoms with E-state index in [9.17, 15) is 9.59 Å². The molecule has 1 aliphatic rings. The van der Waals surface area contributed by atoms with Crippen LogP contribution in [0, 0.1) is 0 Å². The summed E-state index contributed by atoms with van der Waals surface area (Å²) in [6.07, 6.45) is 1.83. The molecule has 0 bridgehead atoms. The lowest BCUT2D eigenvalue weighted by atomic mass is 9.91. The first kappa shape index (κ1) is 12.7. The fraction of sp³-hybridized carbons (Fsp3) is 0.143. The monoisotopic (exact) mass is 290 g/mol. The maximum atomic E-state index is 12.0. The Kier molecular flexibility index (Phi) is 2.99. The molecule has 2 heterocycles. The van der Waals surface area contributed by atoms with Crippen LogP contribution in [0.4, 0.5) is 0 Å². The first-order chi connectivity index (χ1) is 9.54. The fourth-order valence-corrected chi connectivity index (χ4v) is 2.41. The molecule has 0 spiro atoms. The van der Waals surface area contributed by atoms with Crippen molar-refractivity contribution < 1.29 is 4.74 Å². The van der Waals surface area contributed by atoms with Crippen LogP contribution >= 0.6 is 11.6 Å². The van der Waals surface area contributed by atoms with Gasteiger partial charge in [0.2, 0.25) is 5.88 Å². The van der Waals surface area contributed by atoms with E-state index in [2.05, 4.69) is 9.97 Å². The zero-order chi connectivity index (χ0) is 14.3. The summed E-state index contributed by atoms with van der Waals surface area (Å²) >= 11 is 5.88. The summed E-state index contributed by atoms with van der Waals surface area (Å²) in [4.78, 5) is 28.1. The molecule has 1 aliphatic heterocycles. The Morgan fingerprint density at radius 1 is 1.15 bits per heavy atom. The lowest BCUT2D eigenvalue weighted by Gasteiger charge is -2.22. The van der Waals surface area contributed by atoms with Crippen LogP contribution in [0.15, 0.2) is 45.7 Å². The Hall–Kier alpha value is -2.27. The molecule has 102 valence electrons. The second kappa shape index (κ2) is 4.68. The van der Waals surface area contributed by atoms with Gasteiger partial charge in [0.25, 0.3) is 5.56 Å². The molecule has 6 heteroatoms. The van der Waals surface area contributed by atoms with Gasteiger partial charge in [0, 0.05) is 10.9 Å². The van der Waals surface area contributed by atoms with Crippen LogP contribution in [0.2, 0.25) is 5.02 Å². The molecule has 0 saturated carbocycles. The van der Waals surface area contributed by atoms with Crippen LogP contribution < -0.4 is 16.0 Å². The summed E-state index contributed by atoms with van der Waals surface area (Å²) in [6.45, 7) is 1.77. The average Bonchev–Trinajstić information content (AvgIpc) is 2.37. The van der Waals surface area contributed by atoms with Crippen molar-refractivity contribution in [3.05, 3.63) is 73.1 Å². The highest BCUT2D eigenvalue weighted by atomic mass is 35.5. The van der Waals surface area contributed by atoms with Crippen molar-refractivity contribution in [1.82, 2.24) is 9.97 Å². The van der Waals surface area contributed by atoms with E-state index in [1.165, 1.54) is 0 Å². The molecule has 1 atom stereocenters. The largest absolute Gasteiger partial charge is 0.445 e. The molecule has 3 rings (SSSR count). The number of aromatic nitrogens is 2. The van der Waals surface area contributed by atoms with Crippen LogP contribution in [0.5, 0.6) is 5.88 Å². The minimum absolute atomic E-state index is 0.193. The Morgan fingerprint density at radius 3 is 2.55 bits per heavy atom. The Bertz CT molecular complexity index is 802. The van der Waals surface area contributed by atoms with Crippen molar-refractivity contribution >= 4 is 11.6 Å². The number of hydrogen-bond acceptors (Lipinski definition) is 3. The topological polar surface area (TPSA) is 75.0 Å². The van der Waals surface area contributed by atoms with E-state index in [-0.39, 0.29) is 11.8 Å². The summed E-state index contributed by atoms with van der Waals surface area (Å²) in [5.74, 6) is 0.536. The number of allylic oxidation sites excluding steroid dienone is 2. The summed E-state index contributed by atoms with van der Waals surface area (Å²) in [6, 6.07) is 7.21. The molecule has 1 unspecified atom stereocenters. The van der Waals surface area contributed by atoms with E-state index < -0.39 is 11.2 Å². The van der Waals surface area contributed by atoms with Gasteiger partial charge in [-0.05, 0) is 30.7 Å². The molecule has 0 saturated heterocycles. The van der Waals surface area contributed by atoms with E-state index in [0.29, 0.717) is 16.3 Å². The summed E-state index contributed by atoms with van der Waals surface area (Å²) in [5.41, 5.74) is 0.249. The molecule has 20 heavy (non-hydrogen) atoms. The number of aromatic amines is 2. The molecule has 1 aromatic heterocycles. The molecule has 2 aromatic rings. The van der Waals surface area contributed by atoms with Crippen molar-refractivity contribution in [2.75, 3.05) is 0 Å². The maximum Gasteiger partial charge on any atom is 0.328 e. The smallest absolute Gasteiger partial charge is 0.328 e. The molecule has 0 fully saturated rings. The molecular weight excluding hydrogens is 280 g/mol. The lowest BCUT2D eigenvalue weighted by Crippen LogP contribution is -2.29. The van der Waals surface area contributed by atoms with Gasteiger partial charge in [-0.25, -0.2) is 4.79 Å². The van der Waals surface area contributed by atoms with Crippen LogP contribution in [0.1, 0.15) is 24.0 Å². The predicted molar refractivity (Wildman–Crippen MR) is 75.4 cm³/mol. The van der Waals surface area contributed by atoms with Gasteiger partial charge in [0.05, 0.1) is 11.3 Å². The van der Waals surface area contributed by atoms with Crippen molar-refractivity contribution in [3.8, 4) is 5.88 Å². The van der Waals surface area contributed by atoms with Crippen LogP contribution in [0.25, 0.3) is 0 Å². The van der Waals surface area contributed by atoms with Crippen molar-refractivity contribution in [2.45, 2.75) is 12.8 Å². The van der Waals surface area contributed by atoms with Gasteiger partial charge in [0.15, 0.2) is 0 Å². The highest BCUT2D eigenvalue weighted by Crippen LogP contribution is 2.34. The quantitative estimate of drug-likeness (QED) is 0.845. The third kappa shape index (κ3) is 2.16. The number of H-pyrrole nitrogens is 2. The van der Waals surface area contributed by atoms with E-state index in [1.54, 1.807) is 19.1 Å². The fourth-order valence-electron chi connectivity index (χ4n) is 2.28. The molecule has 0 aliphatic carbocycles. The van der Waals surface area contributed by atoms with E-state index in [4.69, 9.17) is 16.3 Å². The van der Waals surface area contributed by atoms with Crippen molar-refractivity contribution in [3.63, 3.8) is 0 Å².